The fraction of sp³-hybridized carbons (Fsp3) is 0. The third-order valence-corrected chi connectivity index (χ3v) is 4.33. The lowest BCUT2D eigenvalue weighted by Crippen LogP contribution is -2.13. The summed E-state index contributed by atoms with van der Waals surface area (Å²) in [4.78, 5) is 3.76. The summed E-state index contributed by atoms with van der Waals surface area (Å²) in [5.41, 5.74) is 6.10. The molecule has 4 N–H and O–H groups in total. The number of benzene rings is 1. The van der Waals surface area contributed by atoms with Crippen molar-refractivity contribution in [3.8, 4) is 23.1 Å². The Morgan fingerprint density at radius 2 is 1.92 bits per heavy atom. The van der Waals surface area contributed by atoms with Gasteiger partial charge in [-0.3, -0.25) is 0 Å². The van der Waals surface area contributed by atoms with E-state index in [0.29, 0.717) is 0 Å². The van der Waals surface area contributed by atoms with Gasteiger partial charge in [0.05, 0.1) is 0 Å². The molecule has 10 heteroatoms. The van der Waals surface area contributed by atoms with Gasteiger partial charge in [0.2, 0.25) is 10.0 Å². The summed E-state index contributed by atoms with van der Waals surface area (Å²) in [6.45, 7) is 0. The zero-order valence-corrected chi connectivity index (χ0v) is 13.4. The molecule has 0 amide bonds. The third-order valence-electron chi connectivity index (χ3n) is 3.43. The van der Waals surface area contributed by atoms with Gasteiger partial charge >= 0.3 is 0 Å². The first-order chi connectivity index (χ1) is 11.8. The predicted molar refractivity (Wildman–Crippen MR) is 87.3 cm³/mol. The van der Waals surface area contributed by atoms with Crippen LogP contribution >= 0.6 is 0 Å². The largest absolute Gasteiger partial charge is 0.382 e. The molecule has 0 unspecified atom stereocenters. The van der Waals surface area contributed by atoms with Crippen molar-refractivity contribution < 1.29 is 12.8 Å². The lowest BCUT2D eigenvalue weighted by atomic mass is 10.1. The number of nitrogens with zero attached hydrogens (tertiary/aromatic N) is 4. The molecule has 25 heavy (non-hydrogen) atoms. The molecule has 0 atom stereocenters. The molecule has 0 saturated carbocycles. The number of aromatic nitrogens is 3. The molecule has 0 saturated heterocycles. The molecular formula is C15H11FN6O2S. The Morgan fingerprint density at radius 3 is 2.48 bits per heavy atom. The molecule has 0 aliphatic carbocycles. The van der Waals surface area contributed by atoms with Gasteiger partial charge in [0.25, 0.3) is 0 Å². The van der Waals surface area contributed by atoms with Gasteiger partial charge in [-0.15, -0.1) is 0 Å². The van der Waals surface area contributed by atoms with Crippen LogP contribution in [0.4, 0.5) is 10.2 Å². The summed E-state index contributed by atoms with van der Waals surface area (Å²) in [7, 11) is -3.89. The highest BCUT2D eigenvalue weighted by atomic mass is 32.2. The van der Waals surface area contributed by atoms with Crippen molar-refractivity contribution in [3.63, 3.8) is 0 Å². The highest BCUT2D eigenvalue weighted by Crippen LogP contribution is 2.29. The first-order valence-corrected chi connectivity index (χ1v) is 8.40. The van der Waals surface area contributed by atoms with Gasteiger partial charge in [0.15, 0.2) is 5.82 Å². The summed E-state index contributed by atoms with van der Waals surface area (Å²) in [6.07, 6.45) is 1.04. The average Bonchev–Trinajstić information content (AvgIpc) is 2.91. The van der Waals surface area contributed by atoms with Crippen LogP contribution in [0.3, 0.4) is 0 Å². The van der Waals surface area contributed by atoms with Crippen LogP contribution in [-0.2, 0) is 10.0 Å². The standard InChI is InChI=1S/C15H11FN6O2S/c16-12-4-2-1-3-10(12)14-11(7-17)15(18)22(21-14)13-6-5-9(8-20-13)25(19,23)24/h1-6,8H,18H2,(H2,19,23,24). The second kappa shape index (κ2) is 5.97. The minimum atomic E-state index is -3.89. The lowest BCUT2D eigenvalue weighted by molar-refractivity contribution is 0.597. The number of anilines is 1. The van der Waals surface area contributed by atoms with Gasteiger partial charge < -0.3 is 5.73 Å². The van der Waals surface area contributed by atoms with Crippen molar-refractivity contribution >= 4 is 15.8 Å². The van der Waals surface area contributed by atoms with E-state index in [4.69, 9.17) is 10.9 Å². The van der Waals surface area contributed by atoms with Crippen molar-refractivity contribution in [3.05, 3.63) is 54.0 Å². The quantitative estimate of drug-likeness (QED) is 0.720. The molecule has 8 nitrogen and oxygen atoms in total. The molecule has 0 fully saturated rings. The van der Waals surface area contributed by atoms with E-state index in [1.165, 1.54) is 30.3 Å². The molecule has 3 aromatic rings. The Hall–Kier alpha value is -3.29. The minimum absolute atomic E-state index is 0.0116. The molecular weight excluding hydrogens is 347 g/mol. The second-order valence-corrected chi connectivity index (χ2v) is 6.57. The number of halogens is 1. The smallest absolute Gasteiger partial charge is 0.239 e. The van der Waals surface area contributed by atoms with Crippen molar-refractivity contribution in [2.45, 2.75) is 4.90 Å². The van der Waals surface area contributed by atoms with Crippen molar-refractivity contribution in [2.24, 2.45) is 5.14 Å². The zero-order valence-electron chi connectivity index (χ0n) is 12.6. The topological polar surface area (TPSA) is 141 Å². The number of pyridine rings is 1. The second-order valence-electron chi connectivity index (χ2n) is 5.01. The van der Waals surface area contributed by atoms with E-state index in [9.17, 15) is 18.1 Å². The minimum Gasteiger partial charge on any atom is -0.382 e. The van der Waals surface area contributed by atoms with E-state index in [0.717, 1.165) is 10.9 Å². The summed E-state index contributed by atoms with van der Waals surface area (Å²) < 4.78 is 37.7. The molecule has 0 radical (unpaired) electrons. The van der Waals surface area contributed by atoms with E-state index < -0.39 is 15.8 Å². The Labute approximate surface area is 142 Å². The van der Waals surface area contributed by atoms with Crippen LogP contribution in [0, 0.1) is 17.1 Å². The maximum atomic E-state index is 14.0. The van der Waals surface area contributed by atoms with Gasteiger partial charge in [-0.25, -0.2) is 22.9 Å². The number of hydrogen-bond acceptors (Lipinski definition) is 6. The van der Waals surface area contributed by atoms with Crippen LogP contribution in [0.2, 0.25) is 0 Å². The van der Waals surface area contributed by atoms with Gasteiger partial charge in [0, 0.05) is 11.8 Å². The Morgan fingerprint density at radius 1 is 1.20 bits per heavy atom. The highest BCUT2D eigenvalue weighted by molar-refractivity contribution is 7.89. The zero-order chi connectivity index (χ0) is 18.2. The summed E-state index contributed by atoms with van der Waals surface area (Å²) in [6, 6.07) is 10.3. The maximum Gasteiger partial charge on any atom is 0.239 e. The summed E-state index contributed by atoms with van der Waals surface area (Å²) in [5.74, 6) is -0.443. The molecule has 1 aromatic carbocycles. The van der Waals surface area contributed by atoms with Gasteiger partial charge in [-0.05, 0) is 24.3 Å². The average molecular weight is 358 g/mol. The van der Waals surface area contributed by atoms with E-state index in [1.807, 2.05) is 6.07 Å². The number of nitrogens with two attached hydrogens (primary N) is 2. The molecule has 0 aliphatic rings. The molecule has 126 valence electrons. The number of primary sulfonamides is 1. The van der Waals surface area contributed by atoms with Gasteiger partial charge in [-0.1, -0.05) is 12.1 Å². The lowest BCUT2D eigenvalue weighted by Gasteiger charge is -2.03. The normalized spacial score (nSPS) is 11.2. The summed E-state index contributed by atoms with van der Waals surface area (Å²) >= 11 is 0. The van der Waals surface area contributed by atoms with E-state index in [1.54, 1.807) is 6.07 Å². The Balaban J connectivity index is 2.16. The molecule has 3 rings (SSSR count). The number of nitriles is 1. The molecule has 0 spiro atoms. The van der Waals surface area contributed by atoms with E-state index in [2.05, 4.69) is 10.1 Å². The van der Waals surface area contributed by atoms with Crippen molar-refractivity contribution in [2.75, 3.05) is 5.73 Å². The molecule has 2 heterocycles. The maximum absolute atomic E-state index is 14.0. The number of nitrogen functional groups attached to an aromatic ring is 1. The van der Waals surface area contributed by atoms with Crippen LogP contribution in [0.25, 0.3) is 17.1 Å². The number of sulfonamides is 1. The molecule has 0 bridgehead atoms. The Kier molecular flexibility index (Phi) is 3.96. The molecule has 0 aliphatic heterocycles. The van der Waals surface area contributed by atoms with Gasteiger partial charge in [0.1, 0.15) is 33.9 Å². The fourth-order valence-corrected chi connectivity index (χ4v) is 2.68. The third kappa shape index (κ3) is 2.93. The highest BCUT2D eigenvalue weighted by Gasteiger charge is 2.21. The van der Waals surface area contributed by atoms with E-state index >= 15 is 0 Å². The van der Waals surface area contributed by atoms with Crippen LogP contribution in [0.5, 0.6) is 0 Å². The van der Waals surface area contributed by atoms with Crippen LogP contribution < -0.4 is 10.9 Å². The SMILES string of the molecule is N#Cc1c(-c2ccccc2F)nn(-c2ccc(S(N)(=O)=O)cn2)c1N. The summed E-state index contributed by atoms with van der Waals surface area (Å²) in [5, 5.41) is 18.5. The fourth-order valence-electron chi connectivity index (χ4n) is 2.22. The van der Waals surface area contributed by atoms with Crippen LogP contribution in [-0.4, -0.2) is 23.2 Å². The molecule has 2 aromatic heterocycles. The van der Waals surface area contributed by atoms with Crippen molar-refractivity contribution in [1.82, 2.24) is 14.8 Å². The monoisotopic (exact) mass is 358 g/mol. The van der Waals surface area contributed by atoms with Crippen molar-refractivity contribution in [1.29, 1.82) is 5.26 Å². The first-order valence-electron chi connectivity index (χ1n) is 6.85. The number of hydrogen-bond donors (Lipinski definition) is 2. The number of rotatable bonds is 3. The first kappa shape index (κ1) is 16.6. The van der Waals surface area contributed by atoms with E-state index in [-0.39, 0.29) is 33.4 Å². The van der Waals surface area contributed by atoms with Crippen LogP contribution in [0.15, 0.2) is 47.5 Å². The predicted octanol–water partition coefficient (Wildman–Crippen LogP) is 1.17. The van der Waals surface area contributed by atoms with Gasteiger partial charge in [-0.2, -0.15) is 15.0 Å². The Bertz CT molecular complexity index is 1100. The van der Waals surface area contributed by atoms with Crippen LogP contribution in [0.1, 0.15) is 5.56 Å².